The third-order valence-corrected chi connectivity index (χ3v) is 6.32. The number of benzene rings is 1. The summed E-state index contributed by atoms with van der Waals surface area (Å²) in [6, 6.07) is 5.10. The zero-order chi connectivity index (χ0) is 23.5. The number of ether oxygens (including phenoxy) is 4. The Morgan fingerprint density at radius 3 is 2.70 bits per heavy atom. The van der Waals surface area contributed by atoms with Gasteiger partial charge in [0.05, 0.1) is 13.2 Å². The van der Waals surface area contributed by atoms with E-state index in [0.717, 1.165) is 25.0 Å². The van der Waals surface area contributed by atoms with Crippen LogP contribution in [0.15, 0.2) is 34.5 Å². The fourth-order valence-corrected chi connectivity index (χ4v) is 4.83. The quantitative estimate of drug-likeness (QED) is 0.478. The van der Waals surface area contributed by atoms with Crippen LogP contribution in [0.2, 0.25) is 0 Å². The number of hydrogen-bond acceptors (Lipinski definition) is 8. The summed E-state index contributed by atoms with van der Waals surface area (Å²) in [5.41, 5.74) is 2.63. The molecule has 0 bridgehead atoms. The highest BCUT2D eigenvalue weighted by Gasteiger charge is 2.43. The van der Waals surface area contributed by atoms with Gasteiger partial charge in [0.15, 0.2) is 17.3 Å². The highest BCUT2D eigenvalue weighted by molar-refractivity contribution is 6.08. The minimum Gasteiger partial charge on any atom is -0.493 e. The summed E-state index contributed by atoms with van der Waals surface area (Å²) < 4.78 is 21.9. The van der Waals surface area contributed by atoms with Crippen LogP contribution in [0.3, 0.4) is 0 Å². The number of allylic oxidation sites excluding steroid dienone is 2. The van der Waals surface area contributed by atoms with Crippen molar-refractivity contribution in [2.45, 2.75) is 58.0 Å². The number of carbonyl (C=O) groups is 3. The van der Waals surface area contributed by atoms with E-state index in [1.165, 1.54) is 14.0 Å². The van der Waals surface area contributed by atoms with Gasteiger partial charge in [0.1, 0.15) is 12.5 Å². The summed E-state index contributed by atoms with van der Waals surface area (Å²) in [6.45, 7) is 3.97. The van der Waals surface area contributed by atoms with Gasteiger partial charge in [-0.1, -0.05) is 6.07 Å². The molecule has 33 heavy (non-hydrogen) atoms. The smallest absolute Gasteiger partial charge is 0.315 e. The van der Waals surface area contributed by atoms with Crippen LogP contribution in [0.25, 0.3) is 0 Å². The first-order valence-electron chi connectivity index (χ1n) is 11.3. The van der Waals surface area contributed by atoms with Crippen molar-refractivity contribution in [1.82, 2.24) is 0 Å². The average molecular weight is 456 g/mol. The number of carbonyl (C=O) groups excluding carboxylic acids is 3. The molecule has 0 saturated carbocycles. The molecule has 0 amide bonds. The minimum absolute atomic E-state index is 0.00236. The first kappa shape index (κ1) is 23.2. The van der Waals surface area contributed by atoms with Crippen molar-refractivity contribution in [3.63, 3.8) is 0 Å². The van der Waals surface area contributed by atoms with E-state index in [1.807, 2.05) is 0 Å². The summed E-state index contributed by atoms with van der Waals surface area (Å²) in [6.07, 6.45) is 3.57. The van der Waals surface area contributed by atoms with E-state index in [9.17, 15) is 14.4 Å². The van der Waals surface area contributed by atoms with Crippen molar-refractivity contribution >= 4 is 23.4 Å². The van der Waals surface area contributed by atoms with Crippen LogP contribution in [-0.4, -0.2) is 49.9 Å². The lowest BCUT2D eigenvalue weighted by molar-refractivity contribution is -0.149. The van der Waals surface area contributed by atoms with Gasteiger partial charge in [-0.05, 0) is 50.3 Å². The number of hydrogen-bond donors (Lipinski definition) is 0. The largest absolute Gasteiger partial charge is 0.493 e. The Bertz CT molecular complexity index is 1020. The zero-order valence-corrected chi connectivity index (χ0v) is 19.2. The van der Waals surface area contributed by atoms with E-state index < -0.39 is 23.8 Å². The average Bonchev–Trinajstić information content (AvgIpc) is 3.30. The second kappa shape index (κ2) is 9.87. The van der Waals surface area contributed by atoms with E-state index in [1.54, 1.807) is 25.1 Å². The normalized spacial score (nSPS) is 24.8. The molecule has 0 N–H and O–H groups in total. The van der Waals surface area contributed by atoms with Crippen LogP contribution in [0.5, 0.6) is 11.5 Å². The number of esters is 2. The SMILES string of the molecule is COc1cc([C@@H]2C3=C(CCCC3=O)N=C(C)C2C(=O)OC[C@H]2CCCO2)ccc1OC(C)=O. The second-order valence-corrected chi connectivity index (χ2v) is 8.61. The van der Waals surface area contributed by atoms with Crippen molar-refractivity contribution in [1.29, 1.82) is 0 Å². The van der Waals surface area contributed by atoms with Gasteiger partial charge in [0.2, 0.25) is 0 Å². The van der Waals surface area contributed by atoms with Gasteiger partial charge >= 0.3 is 11.9 Å². The van der Waals surface area contributed by atoms with Gasteiger partial charge in [-0.25, -0.2) is 0 Å². The fraction of sp³-hybridized carbons (Fsp3) is 0.520. The number of methoxy groups -OCH3 is 1. The molecule has 176 valence electrons. The summed E-state index contributed by atoms with van der Waals surface area (Å²) in [4.78, 5) is 42.4. The Kier molecular flexibility index (Phi) is 6.93. The Morgan fingerprint density at radius 2 is 2.00 bits per heavy atom. The summed E-state index contributed by atoms with van der Waals surface area (Å²) in [5, 5.41) is 0. The lowest BCUT2D eigenvalue weighted by Crippen LogP contribution is -2.38. The Labute approximate surface area is 192 Å². The van der Waals surface area contributed by atoms with E-state index >= 15 is 0 Å². The minimum atomic E-state index is -0.739. The molecule has 0 spiro atoms. The first-order valence-corrected chi connectivity index (χ1v) is 11.3. The topological polar surface area (TPSA) is 100 Å². The predicted octanol–water partition coefficient (Wildman–Crippen LogP) is 3.52. The highest BCUT2D eigenvalue weighted by atomic mass is 16.6. The molecule has 1 unspecified atom stereocenters. The van der Waals surface area contributed by atoms with Gasteiger partial charge < -0.3 is 18.9 Å². The van der Waals surface area contributed by atoms with Crippen LogP contribution in [0, 0.1) is 5.92 Å². The molecule has 8 heteroatoms. The van der Waals surface area contributed by atoms with Crippen molar-refractivity contribution in [3.05, 3.63) is 35.0 Å². The van der Waals surface area contributed by atoms with Crippen molar-refractivity contribution in [2.75, 3.05) is 20.3 Å². The maximum atomic E-state index is 13.3. The Morgan fingerprint density at radius 1 is 1.18 bits per heavy atom. The molecule has 1 saturated heterocycles. The molecule has 1 aliphatic carbocycles. The standard InChI is InChI=1S/C25H29NO7/c1-14-22(25(29)32-13-17-6-5-11-31-17)23(24-18(26-14)7-4-8-19(24)28)16-9-10-20(33-15(2)27)21(12-16)30-3/h9-10,12,17,22-23H,4-8,11,13H2,1-3H3/t17-,22?,23+/m1/s1. The van der Waals surface area contributed by atoms with Crippen LogP contribution < -0.4 is 9.47 Å². The molecule has 1 aromatic carbocycles. The Hall–Kier alpha value is -3.00. The van der Waals surface area contributed by atoms with Gasteiger partial charge in [-0.3, -0.25) is 19.4 Å². The summed E-state index contributed by atoms with van der Waals surface area (Å²) in [7, 11) is 1.48. The van der Waals surface area contributed by atoms with Gasteiger partial charge in [-0.2, -0.15) is 0 Å². The molecule has 2 heterocycles. The molecular weight excluding hydrogens is 426 g/mol. The maximum Gasteiger partial charge on any atom is 0.315 e. The van der Waals surface area contributed by atoms with Crippen LogP contribution in [0.4, 0.5) is 0 Å². The van der Waals surface area contributed by atoms with Gasteiger partial charge in [0, 0.05) is 42.9 Å². The molecule has 4 rings (SSSR count). The maximum absolute atomic E-state index is 13.3. The highest BCUT2D eigenvalue weighted by Crippen LogP contribution is 2.45. The second-order valence-electron chi connectivity index (χ2n) is 8.61. The molecule has 2 aliphatic heterocycles. The lowest BCUT2D eigenvalue weighted by atomic mass is 9.71. The molecule has 8 nitrogen and oxygen atoms in total. The van der Waals surface area contributed by atoms with E-state index in [4.69, 9.17) is 18.9 Å². The predicted molar refractivity (Wildman–Crippen MR) is 119 cm³/mol. The molecule has 1 aromatic rings. The molecular formula is C25H29NO7. The lowest BCUT2D eigenvalue weighted by Gasteiger charge is -2.34. The number of rotatable bonds is 6. The molecule has 0 aromatic heterocycles. The monoisotopic (exact) mass is 455 g/mol. The van der Waals surface area contributed by atoms with E-state index in [0.29, 0.717) is 42.0 Å². The third kappa shape index (κ3) is 4.85. The molecule has 0 radical (unpaired) electrons. The van der Waals surface area contributed by atoms with Crippen LogP contribution >= 0.6 is 0 Å². The van der Waals surface area contributed by atoms with Crippen LogP contribution in [0.1, 0.15) is 57.4 Å². The molecule has 3 aliphatic rings. The first-order chi connectivity index (χ1) is 15.9. The molecule has 1 fully saturated rings. The zero-order valence-electron chi connectivity index (χ0n) is 19.2. The number of ketones is 1. The molecule has 3 atom stereocenters. The van der Waals surface area contributed by atoms with Crippen LogP contribution in [-0.2, 0) is 23.9 Å². The number of aliphatic imine (C=N–C) groups is 1. The Balaban J connectivity index is 1.72. The van der Waals surface area contributed by atoms with E-state index in [-0.39, 0.29) is 24.2 Å². The van der Waals surface area contributed by atoms with Gasteiger partial charge in [0.25, 0.3) is 0 Å². The third-order valence-electron chi connectivity index (χ3n) is 6.32. The number of Topliss-reactive ketones (excluding diaryl/α,β-unsaturated/α-hetero) is 1. The summed E-state index contributed by atoms with van der Waals surface area (Å²) in [5.74, 6) is -1.57. The van der Waals surface area contributed by atoms with E-state index in [2.05, 4.69) is 4.99 Å². The summed E-state index contributed by atoms with van der Waals surface area (Å²) >= 11 is 0. The van der Waals surface area contributed by atoms with Crippen molar-refractivity contribution in [3.8, 4) is 11.5 Å². The fourth-order valence-electron chi connectivity index (χ4n) is 4.83. The van der Waals surface area contributed by atoms with Crippen molar-refractivity contribution in [2.24, 2.45) is 10.9 Å². The number of nitrogens with zero attached hydrogens (tertiary/aromatic N) is 1. The van der Waals surface area contributed by atoms with Gasteiger partial charge in [-0.15, -0.1) is 0 Å². The van der Waals surface area contributed by atoms with Crippen molar-refractivity contribution < 1.29 is 33.3 Å².